The number of hydrogen-bond acceptors (Lipinski definition) is 2. The fourth-order valence-electron chi connectivity index (χ4n) is 9.14. The maximum absolute atomic E-state index is 7.06. The molecule has 0 saturated heterocycles. The SMILES string of the molecule is c1ccc(C2(c3ccccc3)c3ccccc3-c3c(N(c4cccc5ccccc45)c4cccc5c4oc4c6ccccc6ccc54)cccc32)cc1. The Hall–Kier alpha value is -6.90. The van der Waals surface area contributed by atoms with Gasteiger partial charge in [0, 0.05) is 27.1 Å². The molecule has 0 fully saturated rings. The largest absolute Gasteiger partial charge is 0.453 e. The van der Waals surface area contributed by atoms with Gasteiger partial charge in [0.2, 0.25) is 0 Å². The topological polar surface area (TPSA) is 16.4 Å². The molecule has 0 aliphatic heterocycles. The highest BCUT2D eigenvalue weighted by Crippen LogP contribution is 2.60. The lowest BCUT2D eigenvalue weighted by atomic mass is 9.68. The number of furan rings is 1. The van der Waals surface area contributed by atoms with Crippen molar-refractivity contribution in [2.75, 3.05) is 4.90 Å². The van der Waals surface area contributed by atoms with Crippen LogP contribution in [0.5, 0.6) is 0 Å². The van der Waals surface area contributed by atoms with E-state index in [0.29, 0.717) is 0 Å². The van der Waals surface area contributed by atoms with Gasteiger partial charge in [-0.1, -0.05) is 176 Å². The Bertz CT molecular complexity index is 2970. The first kappa shape index (κ1) is 29.8. The van der Waals surface area contributed by atoms with Gasteiger partial charge in [-0.15, -0.1) is 0 Å². The van der Waals surface area contributed by atoms with Crippen LogP contribution in [0.3, 0.4) is 0 Å². The molecule has 2 nitrogen and oxygen atoms in total. The Kier molecular flexibility index (Phi) is 6.50. The molecule has 53 heavy (non-hydrogen) atoms. The van der Waals surface area contributed by atoms with Gasteiger partial charge in [-0.25, -0.2) is 0 Å². The van der Waals surface area contributed by atoms with Gasteiger partial charge in [-0.05, 0) is 62.9 Å². The lowest BCUT2D eigenvalue weighted by molar-refractivity contribution is 0.673. The lowest BCUT2D eigenvalue weighted by Gasteiger charge is -2.34. The zero-order chi connectivity index (χ0) is 34.9. The number of nitrogens with zero attached hydrogens (tertiary/aromatic N) is 1. The zero-order valence-electron chi connectivity index (χ0n) is 28.9. The van der Waals surface area contributed by atoms with Crippen LogP contribution in [0.2, 0.25) is 0 Å². The fourth-order valence-corrected chi connectivity index (χ4v) is 9.14. The quantitative estimate of drug-likeness (QED) is 0.181. The summed E-state index contributed by atoms with van der Waals surface area (Å²) < 4.78 is 7.06. The van der Waals surface area contributed by atoms with E-state index in [1.54, 1.807) is 0 Å². The summed E-state index contributed by atoms with van der Waals surface area (Å²) in [6.45, 7) is 0. The maximum atomic E-state index is 7.06. The number of anilines is 3. The highest BCUT2D eigenvalue weighted by atomic mass is 16.3. The second-order valence-electron chi connectivity index (χ2n) is 14.0. The highest BCUT2D eigenvalue weighted by Gasteiger charge is 2.47. The molecule has 0 unspecified atom stereocenters. The van der Waals surface area contributed by atoms with Gasteiger partial charge < -0.3 is 9.32 Å². The molecular formula is C51H33NO. The van der Waals surface area contributed by atoms with Crippen molar-refractivity contribution < 1.29 is 4.42 Å². The summed E-state index contributed by atoms with van der Waals surface area (Å²) in [5.74, 6) is 0. The van der Waals surface area contributed by atoms with Crippen LogP contribution in [-0.2, 0) is 5.41 Å². The Morgan fingerprint density at radius 2 is 0.868 bits per heavy atom. The van der Waals surface area contributed by atoms with E-state index < -0.39 is 5.41 Å². The summed E-state index contributed by atoms with van der Waals surface area (Å²) in [6, 6.07) is 72.7. The van der Waals surface area contributed by atoms with Crippen molar-refractivity contribution >= 4 is 60.5 Å². The van der Waals surface area contributed by atoms with Gasteiger partial charge in [-0.2, -0.15) is 0 Å². The molecule has 1 heterocycles. The molecule has 11 rings (SSSR count). The minimum atomic E-state index is -0.515. The normalized spacial score (nSPS) is 13.1. The van der Waals surface area contributed by atoms with Crippen molar-refractivity contribution in [3.05, 3.63) is 222 Å². The van der Waals surface area contributed by atoms with E-state index in [1.807, 2.05) is 0 Å². The van der Waals surface area contributed by atoms with Gasteiger partial charge in [0.05, 0.1) is 22.5 Å². The van der Waals surface area contributed by atoms with Gasteiger partial charge in [0.25, 0.3) is 0 Å². The van der Waals surface area contributed by atoms with Crippen LogP contribution >= 0.6 is 0 Å². The summed E-state index contributed by atoms with van der Waals surface area (Å²) in [6.07, 6.45) is 0. The molecule has 10 aromatic rings. The molecule has 2 heteroatoms. The minimum Gasteiger partial charge on any atom is -0.453 e. The molecule has 0 amide bonds. The molecule has 0 saturated carbocycles. The van der Waals surface area contributed by atoms with Crippen molar-refractivity contribution in [3.63, 3.8) is 0 Å². The van der Waals surface area contributed by atoms with E-state index in [4.69, 9.17) is 4.42 Å². The number of hydrogen-bond donors (Lipinski definition) is 0. The Morgan fingerprint density at radius 3 is 1.66 bits per heavy atom. The summed E-state index contributed by atoms with van der Waals surface area (Å²) in [4.78, 5) is 2.46. The van der Waals surface area contributed by atoms with E-state index in [1.165, 1.54) is 49.5 Å². The second-order valence-corrected chi connectivity index (χ2v) is 14.0. The number of benzene rings is 9. The van der Waals surface area contributed by atoms with Crippen LogP contribution in [-0.4, -0.2) is 0 Å². The molecule has 1 aromatic heterocycles. The monoisotopic (exact) mass is 675 g/mol. The van der Waals surface area contributed by atoms with Crippen LogP contribution in [0.4, 0.5) is 17.1 Å². The average Bonchev–Trinajstić information content (AvgIpc) is 3.77. The number of para-hydroxylation sites is 1. The molecule has 9 aromatic carbocycles. The van der Waals surface area contributed by atoms with Gasteiger partial charge in [0.1, 0.15) is 5.58 Å². The first-order chi connectivity index (χ1) is 26.3. The summed E-state index contributed by atoms with van der Waals surface area (Å²) in [5.41, 5.74) is 12.0. The van der Waals surface area contributed by atoms with Gasteiger partial charge in [0.15, 0.2) is 5.58 Å². The third-order valence-corrected chi connectivity index (χ3v) is 11.3. The van der Waals surface area contributed by atoms with Crippen LogP contribution in [0.25, 0.3) is 54.6 Å². The number of fused-ring (bicyclic) bond motifs is 9. The van der Waals surface area contributed by atoms with Crippen molar-refractivity contribution in [3.8, 4) is 11.1 Å². The summed E-state index contributed by atoms with van der Waals surface area (Å²) in [7, 11) is 0. The molecule has 0 atom stereocenters. The molecule has 0 bridgehead atoms. The first-order valence-electron chi connectivity index (χ1n) is 18.3. The molecular weight excluding hydrogens is 643 g/mol. The van der Waals surface area contributed by atoms with E-state index in [2.05, 4.69) is 205 Å². The van der Waals surface area contributed by atoms with Crippen LogP contribution in [0.1, 0.15) is 22.3 Å². The first-order valence-corrected chi connectivity index (χ1v) is 18.3. The summed E-state index contributed by atoms with van der Waals surface area (Å²) >= 11 is 0. The Labute approximate surface area is 307 Å². The highest BCUT2D eigenvalue weighted by molar-refractivity contribution is 6.18. The molecule has 0 N–H and O–H groups in total. The second kappa shape index (κ2) is 11.6. The smallest absolute Gasteiger partial charge is 0.159 e. The van der Waals surface area contributed by atoms with Crippen molar-refractivity contribution in [1.29, 1.82) is 0 Å². The molecule has 0 radical (unpaired) electrons. The predicted molar refractivity (Wildman–Crippen MR) is 221 cm³/mol. The maximum Gasteiger partial charge on any atom is 0.159 e. The lowest BCUT2D eigenvalue weighted by Crippen LogP contribution is -2.28. The van der Waals surface area contributed by atoms with E-state index in [-0.39, 0.29) is 0 Å². The third-order valence-electron chi connectivity index (χ3n) is 11.3. The fraction of sp³-hybridized carbons (Fsp3) is 0.0196. The predicted octanol–water partition coefficient (Wildman–Crippen LogP) is 13.7. The number of rotatable bonds is 5. The van der Waals surface area contributed by atoms with E-state index in [9.17, 15) is 0 Å². The zero-order valence-corrected chi connectivity index (χ0v) is 28.9. The molecule has 0 spiro atoms. The summed E-state index contributed by atoms with van der Waals surface area (Å²) in [5, 5.41) is 6.87. The molecule has 248 valence electrons. The van der Waals surface area contributed by atoms with Crippen LogP contribution in [0, 0.1) is 0 Å². The van der Waals surface area contributed by atoms with Gasteiger partial charge in [-0.3, -0.25) is 0 Å². The van der Waals surface area contributed by atoms with Crippen LogP contribution < -0.4 is 4.90 Å². The molecule has 1 aliphatic rings. The minimum absolute atomic E-state index is 0.515. The van der Waals surface area contributed by atoms with Crippen LogP contribution in [0.15, 0.2) is 205 Å². The Balaban J connectivity index is 1.28. The van der Waals surface area contributed by atoms with Crippen molar-refractivity contribution in [1.82, 2.24) is 0 Å². The van der Waals surface area contributed by atoms with E-state index in [0.717, 1.165) is 44.4 Å². The Morgan fingerprint density at radius 1 is 0.340 bits per heavy atom. The van der Waals surface area contributed by atoms with E-state index >= 15 is 0 Å². The average molecular weight is 676 g/mol. The third kappa shape index (κ3) is 4.21. The standard InChI is InChI=1S/C51H33NO/c1-3-19-36(20-4-1)51(37-21-5-2-6-22-37)43-27-12-11-25-42(43)48-44(51)28-15-30-46(48)52(45-29-13-18-34-16-7-9-23-38(34)45)47-31-14-26-40-41-33-32-35-17-8-10-24-39(35)49(41)53-50(40)47/h1-33H. The van der Waals surface area contributed by atoms with Crippen molar-refractivity contribution in [2.45, 2.75) is 5.41 Å². The molecule has 1 aliphatic carbocycles. The van der Waals surface area contributed by atoms with Crippen molar-refractivity contribution in [2.24, 2.45) is 0 Å². The van der Waals surface area contributed by atoms with Gasteiger partial charge >= 0.3 is 0 Å².